The fourth-order valence-corrected chi connectivity index (χ4v) is 10.5. The van der Waals surface area contributed by atoms with E-state index in [1.807, 2.05) is 73.7 Å². The van der Waals surface area contributed by atoms with Crippen LogP contribution in [-0.2, 0) is 11.2 Å². The molecular formula is C59H65N9O3. The summed E-state index contributed by atoms with van der Waals surface area (Å²) in [7, 11) is 3.38. The van der Waals surface area contributed by atoms with Gasteiger partial charge in [0.05, 0.1) is 52.9 Å². The van der Waals surface area contributed by atoms with Crippen molar-refractivity contribution < 1.29 is 14.3 Å². The number of hydrogen-bond donors (Lipinski definition) is 5. The Hall–Kier alpha value is -7.41. The molecule has 0 bridgehead atoms. The van der Waals surface area contributed by atoms with Crippen molar-refractivity contribution in [3.8, 4) is 5.75 Å². The lowest BCUT2D eigenvalue weighted by molar-refractivity contribution is 0.0964. The predicted octanol–water partition coefficient (Wildman–Crippen LogP) is 7.94. The Bertz CT molecular complexity index is 3500. The fourth-order valence-electron chi connectivity index (χ4n) is 10.5. The molecule has 364 valence electrons. The highest BCUT2D eigenvalue weighted by atomic mass is 16.5. The summed E-state index contributed by atoms with van der Waals surface area (Å²) in [5.74, 6) is 1.29. The van der Waals surface area contributed by atoms with Crippen LogP contribution in [0.15, 0.2) is 125 Å². The van der Waals surface area contributed by atoms with Gasteiger partial charge in [-0.2, -0.15) is 0 Å². The van der Waals surface area contributed by atoms with Crippen molar-refractivity contribution in [2.24, 2.45) is 9.98 Å². The Labute approximate surface area is 415 Å². The van der Waals surface area contributed by atoms with Gasteiger partial charge in [0.15, 0.2) is 0 Å². The lowest BCUT2D eigenvalue weighted by Gasteiger charge is -2.33. The van der Waals surface area contributed by atoms with Gasteiger partial charge in [-0.05, 0) is 144 Å². The molecule has 7 heterocycles. The van der Waals surface area contributed by atoms with Gasteiger partial charge in [0.2, 0.25) is 0 Å². The molecule has 0 aliphatic carbocycles. The molecule has 12 nitrogen and oxygen atoms in total. The normalized spacial score (nSPS) is 17.3. The number of methoxy groups -OCH3 is 2. The first-order valence-corrected chi connectivity index (χ1v) is 25.0. The Balaban J connectivity index is 0.843. The summed E-state index contributed by atoms with van der Waals surface area (Å²) < 4.78 is 13.5. The molecule has 4 aromatic heterocycles. The van der Waals surface area contributed by atoms with Crippen LogP contribution in [0, 0.1) is 20.8 Å². The highest BCUT2D eigenvalue weighted by Gasteiger charge is 2.26. The number of anilines is 1. The van der Waals surface area contributed by atoms with Crippen molar-refractivity contribution in [2.45, 2.75) is 85.4 Å². The molecule has 0 spiro atoms. The molecule has 0 amide bonds. The first-order chi connectivity index (χ1) is 34.4. The predicted molar refractivity (Wildman–Crippen MR) is 287 cm³/mol. The van der Waals surface area contributed by atoms with E-state index in [0.717, 1.165) is 118 Å². The maximum atomic E-state index is 14.5. The van der Waals surface area contributed by atoms with E-state index < -0.39 is 0 Å². The van der Waals surface area contributed by atoms with Gasteiger partial charge >= 0.3 is 0 Å². The number of piperidine rings is 1. The van der Waals surface area contributed by atoms with Crippen molar-refractivity contribution >= 4 is 51.6 Å². The SMILES string of the molecule is COC1=CC(c2cc3ccccc3n2C(=O)c2ccc(NC(C)CCc3cc(C)[nH]c3/C=c3\[nH]c(=C4N=c5ccccc5=C4CN4CCC(NC(C)C)CC4)cc3OC)cc2)=N/C1=C\c1[nH]c(C)cc1C. The molecular weight excluding hydrogens is 883 g/mol. The standard InChI is InChI=1S/C59H65N9O3/c1-35(2)60-44-23-25-67(26-24-44)34-46-45-14-10-11-15-47(45)66-58(46)53-33-57(71-8)52(65-53)31-49-41(28-39(6)63-49)18-17-37(4)61-43-21-19-40(20-22-43)59(69)68-54-16-12-9-13-42(54)29-55(68)50-32-56(70-7)51(64-50)30-48-36(3)27-38(5)62-48/h9-16,19-22,27-33,35,37,44,60-63,65H,17-18,23-26,34H2,1-8H3/b51-30-,52-31-,58-53?. The first kappa shape index (κ1) is 47.3. The summed E-state index contributed by atoms with van der Waals surface area (Å²) in [6.07, 6.45) is 10.1. The van der Waals surface area contributed by atoms with E-state index in [9.17, 15) is 4.79 Å². The van der Waals surface area contributed by atoms with Crippen molar-refractivity contribution in [3.63, 3.8) is 0 Å². The number of H-pyrrole nitrogens is 3. The van der Waals surface area contributed by atoms with E-state index in [1.54, 1.807) is 18.8 Å². The Kier molecular flexibility index (Phi) is 13.4. The highest BCUT2D eigenvalue weighted by molar-refractivity contribution is 6.17. The molecule has 7 aromatic rings. The summed E-state index contributed by atoms with van der Waals surface area (Å²) in [6.45, 7) is 15.8. The Morgan fingerprint density at radius 2 is 1.58 bits per heavy atom. The number of nitrogens with one attached hydrogen (secondary N) is 5. The van der Waals surface area contributed by atoms with Gasteiger partial charge in [0, 0.05) is 87.0 Å². The number of aryl methyl sites for hydroxylation is 4. The molecule has 1 unspecified atom stereocenters. The number of aliphatic imine (C=N–C) groups is 1. The minimum absolute atomic E-state index is 0.132. The molecule has 1 saturated heterocycles. The van der Waals surface area contributed by atoms with Crippen LogP contribution in [0.3, 0.4) is 0 Å². The number of nitrogens with zero attached hydrogens (tertiary/aromatic N) is 4. The fraction of sp³-hybridized carbons (Fsp3) is 0.305. The van der Waals surface area contributed by atoms with Gasteiger partial charge in [0.1, 0.15) is 17.2 Å². The van der Waals surface area contributed by atoms with E-state index in [1.165, 1.54) is 16.4 Å². The topological polar surface area (TPSA) is 140 Å². The molecule has 0 saturated carbocycles. The van der Waals surface area contributed by atoms with Gasteiger partial charge in [-0.1, -0.05) is 50.2 Å². The van der Waals surface area contributed by atoms with Crippen molar-refractivity contribution in [2.75, 3.05) is 39.2 Å². The van der Waals surface area contributed by atoms with Crippen LogP contribution >= 0.6 is 0 Å². The highest BCUT2D eigenvalue weighted by Crippen LogP contribution is 2.30. The molecule has 3 aromatic carbocycles. The molecule has 5 N–H and O–H groups in total. The molecule has 0 radical (unpaired) electrons. The quantitative estimate of drug-likeness (QED) is 0.0708. The minimum Gasteiger partial charge on any atom is -0.494 e. The third-order valence-corrected chi connectivity index (χ3v) is 13.9. The molecule has 1 fully saturated rings. The maximum Gasteiger partial charge on any atom is 0.262 e. The minimum atomic E-state index is -0.132. The Morgan fingerprint density at radius 1 is 0.831 bits per heavy atom. The van der Waals surface area contributed by atoms with Crippen LogP contribution in [0.4, 0.5) is 5.69 Å². The summed E-state index contributed by atoms with van der Waals surface area (Å²) in [4.78, 5) is 38.0. The summed E-state index contributed by atoms with van der Waals surface area (Å²) >= 11 is 0. The summed E-state index contributed by atoms with van der Waals surface area (Å²) in [6, 6.07) is 33.9. The van der Waals surface area contributed by atoms with Crippen LogP contribution in [0.5, 0.6) is 5.75 Å². The summed E-state index contributed by atoms with van der Waals surface area (Å²) in [5.41, 5.74) is 13.2. The van der Waals surface area contributed by atoms with Crippen LogP contribution in [0.1, 0.15) is 90.0 Å². The maximum absolute atomic E-state index is 14.5. The van der Waals surface area contributed by atoms with Gasteiger partial charge < -0.3 is 35.1 Å². The second kappa shape index (κ2) is 20.1. The molecule has 10 rings (SSSR count). The van der Waals surface area contributed by atoms with E-state index in [0.29, 0.717) is 40.5 Å². The molecule has 12 heteroatoms. The van der Waals surface area contributed by atoms with E-state index in [-0.39, 0.29) is 11.9 Å². The smallest absolute Gasteiger partial charge is 0.262 e. The number of hydrogen-bond acceptors (Lipinski definition) is 8. The number of carbonyl (C=O) groups excluding carboxylic acids is 1. The van der Waals surface area contributed by atoms with Gasteiger partial charge in [0.25, 0.3) is 5.91 Å². The number of carbonyl (C=O) groups is 1. The van der Waals surface area contributed by atoms with Crippen LogP contribution in [-0.4, -0.2) is 88.0 Å². The monoisotopic (exact) mass is 948 g/mol. The van der Waals surface area contributed by atoms with Crippen molar-refractivity contribution in [1.29, 1.82) is 0 Å². The number of likely N-dealkylation sites (tertiary alicyclic amines) is 1. The van der Waals surface area contributed by atoms with Crippen LogP contribution in [0.2, 0.25) is 0 Å². The third-order valence-electron chi connectivity index (χ3n) is 13.9. The van der Waals surface area contributed by atoms with E-state index in [2.05, 4.69) is 114 Å². The average molecular weight is 948 g/mol. The third kappa shape index (κ3) is 10.00. The van der Waals surface area contributed by atoms with Crippen LogP contribution < -0.4 is 36.6 Å². The molecule has 3 aliphatic heterocycles. The second-order valence-corrected chi connectivity index (χ2v) is 19.7. The second-order valence-electron chi connectivity index (χ2n) is 19.7. The van der Waals surface area contributed by atoms with Crippen molar-refractivity contribution in [1.82, 2.24) is 29.7 Å². The number of ether oxygens (including phenoxy) is 2. The number of rotatable bonds is 15. The first-order valence-electron chi connectivity index (χ1n) is 25.0. The number of allylic oxidation sites excluding steroid dienone is 1. The number of aromatic amines is 3. The van der Waals surface area contributed by atoms with Gasteiger partial charge in [-0.15, -0.1) is 0 Å². The number of fused-ring (bicyclic) bond motifs is 2. The van der Waals surface area contributed by atoms with Crippen molar-refractivity contribution in [3.05, 3.63) is 181 Å². The molecule has 3 aliphatic rings. The van der Waals surface area contributed by atoms with E-state index in [4.69, 9.17) is 19.5 Å². The lowest BCUT2D eigenvalue weighted by Crippen LogP contribution is -2.45. The zero-order chi connectivity index (χ0) is 49.3. The Morgan fingerprint density at radius 3 is 2.32 bits per heavy atom. The van der Waals surface area contributed by atoms with Gasteiger partial charge in [-0.3, -0.25) is 14.3 Å². The summed E-state index contributed by atoms with van der Waals surface area (Å²) in [5, 5.41) is 12.4. The van der Waals surface area contributed by atoms with E-state index >= 15 is 0 Å². The van der Waals surface area contributed by atoms with Crippen LogP contribution in [0.25, 0.3) is 34.3 Å². The zero-order valence-electron chi connectivity index (χ0n) is 42.2. The zero-order valence-corrected chi connectivity index (χ0v) is 42.2. The number of benzene rings is 3. The number of para-hydroxylation sites is 2. The molecule has 1 atom stereocenters. The average Bonchev–Trinajstić information content (AvgIpc) is 4.23. The molecule has 71 heavy (non-hydrogen) atoms. The number of aromatic nitrogens is 4. The lowest BCUT2D eigenvalue weighted by atomic mass is 10.0. The largest absolute Gasteiger partial charge is 0.494 e. The van der Waals surface area contributed by atoms with Gasteiger partial charge in [-0.25, -0.2) is 9.98 Å².